The van der Waals surface area contributed by atoms with Gasteiger partial charge in [-0.3, -0.25) is 4.79 Å². The summed E-state index contributed by atoms with van der Waals surface area (Å²) >= 11 is 5.80. The lowest BCUT2D eigenvalue weighted by Gasteiger charge is -2.08. The summed E-state index contributed by atoms with van der Waals surface area (Å²) < 4.78 is 1.61. The minimum Gasteiger partial charge on any atom is -0.383 e. The summed E-state index contributed by atoms with van der Waals surface area (Å²) in [6.45, 7) is 2.47. The molecule has 0 saturated carbocycles. The van der Waals surface area contributed by atoms with E-state index in [1.54, 1.807) is 16.7 Å². The second kappa shape index (κ2) is 3.55. The van der Waals surface area contributed by atoms with Gasteiger partial charge in [-0.15, -0.1) is 0 Å². The first-order chi connectivity index (χ1) is 7.13. The highest BCUT2D eigenvalue weighted by Gasteiger charge is 2.06. The van der Waals surface area contributed by atoms with Crippen molar-refractivity contribution in [2.75, 3.05) is 5.73 Å². The maximum Gasteiger partial charge on any atom is 0.251 e. The number of halogens is 1. The van der Waals surface area contributed by atoms with E-state index in [-0.39, 0.29) is 5.56 Å². The average Bonchev–Trinajstić information content (AvgIpc) is 2.17. The van der Waals surface area contributed by atoms with Crippen LogP contribution in [0.3, 0.4) is 0 Å². The molecule has 0 unspecified atom stereocenters. The molecule has 0 aliphatic rings. The first kappa shape index (κ1) is 9.98. The van der Waals surface area contributed by atoms with E-state index in [0.29, 0.717) is 17.5 Å². The molecule has 5 heteroatoms. The van der Waals surface area contributed by atoms with Crippen molar-refractivity contribution in [1.82, 2.24) is 9.55 Å². The van der Waals surface area contributed by atoms with Gasteiger partial charge >= 0.3 is 0 Å². The summed E-state index contributed by atoms with van der Waals surface area (Å²) in [4.78, 5) is 15.5. The molecule has 78 valence electrons. The first-order valence-corrected chi connectivity index (χ1v) is 4.97. The Morgan fingerprint density at radius 3 is 2.93 bits per heavy atom. The molecule has 2 aromatic heterocycles. The van der Waals surface area contributed by atoms with E-state index in [9.17, 15) is 4.79 Å². The summed E-state index contributed by atoms with van der Waals surface area (Å²) in [6.07, 6.45) is 0. The number of aryl methyl sites for hydroxylation is 1. The molecule has 4 nitrogen and oxygen atoms in total. The zero-order valence-corrected chi connectivity index (χ0v) is 8.95. The van der Waals surface area contributed by atoms with Crippen molar-refractivity contribution in [2.24, 2.45) is 0 Å². The Bertz CT molecular complexity index is 577. The van der Waals surface area contributed by atoms with Crippen LogP contribution in [0, 0.1) is 0 Å². The van der Waals surface area contributed by atoms with Crippen LogP contribution >= 0.6 is 11.6 Å². The molecule has 0 aliphatic heterocycles. The normalized spacial score (nSPS) is 10.8. The minimum absolute atomic E-state index is 0.0633. The SMILES string of the molecule is CCn1c(=O)ccc2c(N)nc(Cl)cc21. The van der Waals surface area contributed by atoms with Gasteiger partial charge in [0.05, 0.1) is 5.52 Å². The third kappa shape index (κ3) is 1.57. The lowest BCUT2D eigenvalue weighted by atomic mass is 10.2. The predicted octanol–water partition coefficient (Wildman–Crippen LogP) is 1.65. The van der Waals surface area contributed by atoms with E-state index < -0.39 is 0 Å². The van der Waals surface area contributed by atoms with E-state index in [0.717, 1.165) is 10.9 Å². The van der Waals surface area contributed by atoms with E-state index in [4.69, 9.17) is 17.3 Å². The molecule has 2 N–H and O–H groups in total. The molecule has 0 fully saturated rings. The maximum atomic E-state index is 11.5. The smallest absolute Gasteiger partial charge is 0.251 e. The van der Waals surface area contributed by atoms with Crippen LogP contribution in [0.15, 0.2) is 23.0 Å². The number of nitrogens with zero attached hydrogens (tertiary/aromatic N) is 2. The molecule has 0 bridgehead atoms. The zero-order valence-electron chi connectivity index (χ0n) is 8.20. The van der Waals surface area contributed by atoms with Gasteiger partial charge in [-0.1, -0.05) is 11.6 Å². The summed E-state index contributed by atoms with van der Waals surface area (Å²) in [5, 5.41) is 1.05. The number of pyridine rings is 2. The molecule has 0 spiro atoms. The highest BCUT2D eigenvalue weighted by molar-refractivity contribution is 6.30. The average molecular weight is 224 g/mol. The number of hydrogen-bond donors (Lipinski definition) is 1. The molecule has 2 rings (SSSR count). The maximum absolute atomic E-state index is 11.5. The van der Waals surface area contributed by atoms with Gasteiger partial charge in [0.1, 0.15) is 11.0 Å². The summed E-state index contributed by atoms with van der Waals surface area (Å²) in [6, 6.07) is 4.80. The molecule has 0 radical (unpaired) electrons. The van der Waals surface area contributed by atoms with E-state index in [2.05, 4.69) is 4.98 Å². The fraction of sp³-hybridized carbons (Fsp3) is 0.200. The van der Waals surface area contributed by atoms with Crippen LogP contribution in [-0.4, -0.2) is 9.55 Å². The molecule has 2 heterocycles. The van der Waals surface area contributed by atoms with Crippen LogP contribution in [0.25, 0.3) is 10.9 Å². The van der Waals surface area contributed by atoms with Gasteiger partial charge in [-0.05, 0) is 13.0 Å². The third-order valence-corrected chi connectivity index (χ3v) is 2.49. The van der Waals surface area contributed by atoms with E-state index in [1.165, 1.54) is 6.07 Å². The van der Waals surface area contributed by atoms with Crippen molar-refractivity contribution >= 4 is 28.3 Å². The third-order valence-electron chi connectivity index (χ3n) is 2.30. The molecule has 15 heavy (non-hydrogen) atoms. The Morgan fingerprint density at radius 2 is 2.27 bits per heavy atom. The van der Waals surface area contributed by atoms with Gasteiger partial charge in [-0.25, -0.2) is 4.98 Å². The van der Waals surface area contributed by atoms with E-state index >= 15 is 0 Å². The molecular weight excluding hydrogens is 214 g/mol. The number of rotatable bonds is 1. The van der Waals surface area contributed by atoms with Gasteiger partial charge < -0.3 is 10.3 Å². The Kier molecular flexibility index (Phi) is 2.36. The molecule has 0 saturated heterocycles. The zero-order chi connectivity index (χ0) is 11.0. The monoisotopic (exact) mass is 223 g/mol. The van der Waals surface area contributed by atoms with Gasteiger partial charge in [0.25, 0.3) is 5.56 Å². The Balaban J connectivity index is 2.97. The molecule has 0 amide bonds. The fourth-order valence-electron chi connectivity index (χ4n) is 1.61. The molecule has 0 aromatic carbocycles. The van der Waals surface area contributed by atoms with Crippen molar-refractivity contribution in [3.63, 3.8) is 0 Å². The van der Waals surface area contributed by atoms with Gasteiger partial charge in [0.2, 0.25) is 0 Å². The minimum atomic E-state index is -0.0633. The van der Waals surface area contributed by atoms with Crippen LogP contribution < -0.4 is 11.3 Å². The van der Waals surface area contributed by atoms with Crippen LogP contribution in [0.2, 0.25) is 5.15 Å². The number of anilines is 1. The summed E-state index contributed by atoms with van der Waals surface area (Å²) in [5.41, 5.74) is 6.38. The molecule has 2 aromatic rings. The topological polar surface area (TPSA) is 60.9 Å². The second-order valence-electron chi connectivity index (χ2n) is 3.18. The van der Waals surface area contributed by atoms with Crippen LogP contribution in [-0.2, 0) is 6.54 Å². The van der Waals surface area contributed by atoms with E-state index in [1.807, 2.05) is 6.92 Å². The predicted molar refractivity (Wildman–Crippen MR) is 61.1 cm³/mol. The summed E-state index contributed by atoms with van der Waals surface area (Å²) in [7, 11) is 0. The Hall–Kier alpha value is -1.55. The van der Waals surface area contributed by atoms with Crippen molar-refractivity contribution in [2.45, 2.75) is 13.5 Å². The second-order valence-corrected chi connectivity index (χ2v) is 3.57. The Morgan fingerprint density at radius 1 is 1.53 bits per heavy atom. The van der Waals surface area contributed by atoms with Gasteiger partial charge in [0.15, 0.2) is 0 Å². The fourth-order valence-corrected chi connectivity index (χ4v) is 1.81. The largest absolute Gasteiger partial charge is 0.383 e. The number of nitrogens with two attached hydrogens (primary N) is 1. The number of aromatic nitrogens is 2. The standard InChI is InChI=1S/C10H10ClN3O/c1-2-14-7-5-8(11)13-10(12)6(7)3-4-9(14)15/h3-5H,2H2,1H3,(H2,12,13). The van der Waals surface area contributed by atoms with Crippen molar-refractivity contribution in [3.05, 3.63) is 33.7 Å². The quantitative estimate of drug-likeness (QED) is 0.748. The molecule has 0 aliphatic carbocycles. The summed E-state index contributed by atoms with van der Waals surface area (Å²) in [5.74, 6) is 0.347. The Labute approximate surface area is 91.3 Å². The highest BCUT2D eigenvalue weighted by atomic mass is 35.5. The highest BCUT2D eigenvalue weighted by Crippen LogP contribution is 2.21. The van der Waals surface area contributed by atoms with Crippen LogP contribution in [0.5, 0.6) is 0 Å². The number of nitrogen functional groups attached to an aromatic ring is 1. The molecular formula is C10H10ClN3O. The van der Waals surface area contributed by atoms with Gasteiger partial charge in [0, 0.05) is 24.1 Å². The van der Waals surface area contributed by atoms with Crippen molar-refractivity contribution in [1.29, 1.82) is 0 Å². The number of hydrogen-bond acceptors (Lipinski definition) is 3. The van der Waals surface area contributed by atoms with Crippen LogP contribution in [0.1, 0.15) is 6.92 Å². The lowest BCUT2D eigenvalue weighted by Crippen LogP contribution is -2.18. The van der Waals surface area contributed by atoms with Gasteiger partial charge in [-0.2, -0.15) is 0 Å². The van der Waals surface area contributed by atoms with Crippen LogP contribution in [0.4, 0.5) is 5.82 Å². The lowest BCUT2D eigenvalue weighted by molar-refractivity contribution is 0.759. The number of fused-ring (bicyclic) bond motifs is 1. The van der Waals surface area contributed by atoms with Crippen molar-refractivity contribution in [3.8, 4) is 0 Å². The molecule has 0 atom stereocenters. The first-order valence-electron chi connectivity index (χ1n) is 4.59. The van der Waals surface area contributed by atoms with Crippen molar-refractivity contribution < 1.29 is 0 Å².